The molecule has 0 fully saturated rings. The fourth-order valence-corrected chi connectivity index (χ4v) is 3.87. The molecular weight excluding hydrogens is 420 g/mol. The second kappa shape index (κ2) is 9.76. The molecule has 0 unspecified atom stereocenters. The van der Waals surface area contributed by atoms with Crippen LogP contribution in [0.5, 0.6) is 0 Å². The topological polar surface area (TPSA) is 49.7 Å². The fraction of sp³-hybridized carbons (Fsp3) is 0.300. The molecule has 0 saturated heterocycles. The summed E-state index contributed by atoms with van der Waals surface area (Å²) in [5.74, 6) is -0.0522. The zero-order chi connectivity index (χ0) is 25.1. The van der Waals surface area contributed by atoms with E-state index in [2.05, 4.69) is 6.58 Å². The van der Waals surface area contributed by atoms with Gasteiger partial charge in [-0.15, -0.1) is 6.58 Å². The Balaban J connectivity index is 2.15. The summed E-state index contributed by atoms with van der Waals surface area (Å²) in [5.41, 5.74) is 3.48. The molecule has 4 nitrogen and oxygen atoms in total. The summed E-state index contributed by atoms with van der Waals surface area (Å²) in [6.45, 7) is 16.4. The quantitative estimate of drug-likeness (QED) is 0.357. The molecule has 176 valence electrons. The Kier molecular flexibility index (Phi) is 7.21. The molecule has 0 radical (unpaired) electrons. The highest BCUT2D eigenvalue weighted by atomic mass is 16.2. The fourth-order valence-electron chi connectivity index (χ4n) is 3.87. The van der Waals surface area contributed by atoms with Crippen molar-refractivity contribution in [2.75, 3.05) is 11.4 Å². The average molecular weight is 455 g/mol. The Morgan fingerprint density at radius 2 is 1.41 bits per heavy atom. The van der Waals surface area contributed by atoms with Crippen molar-refractivity contribution >= 4 is 28.8 Å². The number of para-hydroxylation sites is 2. The summed E-state index contributed by atoms with van der Waals surface area (Å²) in [7, 11) is 0. The number of ketones is 1. The summed E-state index contributed by atoms with van der Waals surface area (Å²) in [6.07, 6.45) is 5.47. The van der Waals surface area contributed by atoms with Crippen LogP contribution in [-0.4, -0.2) is 23.9 Å². The van der Waals surface area contributed by atoms with E-state index < -0.39 is 0 Å². The van der Waals surface area contributed by atoms with Crippen LogP contribution in [0.1, 0.15) is 51.9 Å². The summed E-state index contributed by atoms with van der Waals surface area (Å²) in [5, 5.41) is 0. The first-order chi connectivity index (χ1) is 15.9. The minimum absolute atomic E-state index is 0.0692. The molecule has 0 aromatic heterocycles. The maximum Gasteiger partial charge on any atom is 0.258 e. The molecule has 0 saturated carbocycles. The van der Waals surface area contributed by atoms with E-state index in [0.29, 0.717) is 29.2 Å². The average Bonchev–Trinajstić information content (AvgIpc) is 2.77. The molecule has 2 aromatic rings. The predicted molar refractivity (Wildman–Crippen MR) is 142 cm³/mol. The van der Waals surface area contributed by atoms with Gasteiger partial charge in [0, 0.05) is 23.3 Å². The summed E-state index contributed by atoms with van der Waals surface area (Å²) in [6, 6.07) is 16.8. The van der Waals surface area contributed by atoms with E-state index in [-0.39, 0.29) is 22.5 Å². The van der Waals surface area contributed by atoms with Crippen LogP contribution in [0.2, 0.25) is 0 Å². The Morgan fingerprint density at radius 1 is 0.882 bits per heavy atom. The lowest BCUT2D eigenvalue weighted by molar-refractivity contribution is -0.114. The van der Waals surface area contributed by atoms with Gasteiger partial charge < -0.3 is 4.90 Å². The van der Waals surface area contributed by atoms with Crippen molar-refractivity contribution in [2.45, 2.75) is 41.5 Å². The standard InChI is InChI=1S/C30H34N2O2/c1-8-18-32(28(34)21-14-10-9-11-15-21)26-17-13-12-16-25(26)31-22-19-23(29(2,3)4)27(33)24(20-22)30(5,6)7/h8-17,19-20H,1,18H2,2-7H3. The van der Waals surface area contributed by atoms with Crippen LogP contribution in [0.25, 0.3) is 0 Å². The molecule has 4 heteroatoms. The van der Waals surface area contributed by atoms with Crippen molar-refractivity contribution in [1.82, 2.24) is 0 Å². The number of allylic oxidation sites excluding steroid dienone is 4. The van der Waals surface area contributed by atoms with Gasteiger partial charge in [0.2, 0.25) is 0 Å². The van der Waals surface area contributed by atoms with Gasteiger partial charge in [-0.2, -0.15) is 0 Å². The van der Waals surface area contributed by atoms with Crippen LogP contribution in [0, 0.1) is 10.8 Å². The minimum Gasteiger partial charge on any atom is -0.302 e. The Labute approximate surface area is 203 Å². The van der Waals surface area contributed by atoms with Crippen molar-refractivity contribution in [3.8, 4) is 0 Å². The van der Waals surface area contributed by atoms with Crippen molar-refractivity contribution in [3.05, 3.63) is 96.1 Å². The van der Waals surface area contributed by atoms with E-state index in [4.69, 9.17) is 4.99 Å². The van der Waals surface area contributed by atoms with Gasteiger partial charge in [0.05, 0.1) is 17.1 Å². The summed E-state index contributed by atoms with van der Waals surface area (Å²) >= 11 is 0. The first kappa shape index (κ1) is 25.1. The molecule has 0 N–H and O–H groups in total. The van der Waals surface area contributed by atoms with Gasteiger partial charge >= 0.3 is 0 Å². The lowest BCUT2D eigenvalue weighted by Gasteiger charge is -2.31. The molecule has 3 rings (SSSR count). The number of carbonyl (C=O) groups is 2. The number of rotatable bonds is 5. The number of anilines is 1. The lowest BCUT2D eigenvalue weighted by atomic mass is 9.72. The van der Waals surface area contributed by atoms with Gasteiger partial charge in [-0.05, 0) is 47.2 Å². The smallest absolute Gasteiger partial charge is 0.258 e. The Morgan fingerprint density at radius 3 is 1.94 bits per heavy atom. The van der Waals surface area contributed by atoms with Crippen LogP contribution < -0.4 is 4.90 Å². The molecule has 1 aliphatic carbocycles. The van der Waals surface area contributed by atoms with Gasteiger partial charge in [0.25, 0.3) is 5.91 Å². The number of Topliss-reactive ketones (excluding diaryl/α,β-unsaturated/α-hetero) is 1. The molecule has 0 atom stereocenters. The number of aliphatic imine (C=N–C) groups is 1. The van der Waals surface area contributed by atoms with Gasteiger partial charge in [-0.3, -0.25) is 9.59 Å². The SMILES string of the molecule is C=CCN(C(=O)c1ccccc1)c1ccccc1N=C1C=C(C(C)(C)C)C(=O)C(C(C)(C)C)=C1. The van der Waals surface area contributed by atoms with E-state index in [0.717, 1.165) is 11.1 Å². The van der Waals surface area contributed by atoms with Crippen molar-refractivity contribution in [2.24, 2.45) is 15.8 Å². The summed E-state index contributed by atoms with van der Waals surface area (Å²) in [4.78, 5) is 33.2. The second-order valence-electron chi connectivity index (χ2n) is 10.5. The van der Waals surface area contributed by atoms with E-state index in [1.807, 2.05) is 96.2 Å². The molecule has 0 bridgehead atoms. The van der Waals surface area contributed by atoms with Gasteiger partial charge in [-0.25, -0.2) is 4.99 Å². The van der Waals surface area contributed by atoms with Crippen LogP contribution in [0.15, 0.2) is 95.5 Å². The number of amides is 1. The monoisotopic (exact) mass is 454 g/mol. The largest absolute Gasteiger partial charge is 0.302 e. The molecule has 0 spiro atoms. The number of nitrogens with zero attached hydrogens (tertiary/aromatic N) is 2. The molecule has 2 aromatic carbocycles. The highest BCUT2D eigenvalue weighted by molar-refractivity contribution is 6.23. The van der Waals surface area contributed by atoms with E-state index in [1.165, 1.54) is 0 Å². The number of hydrogen-bond acceptors (Lipinski definition) is 3. The lowest BCUT2D eigenvalue weighted by Crippen LogP contribution is -2.31. The molecular formula is C30H34N2O2. The van der Waals surface area contributed by atoms with E-state index >= 15 is 0 Å². The Bertz CT molecular complexity index is 1150. The minimum atomic E-state index is -0.319. The third-order valence-electron chi connectivity index (χ3n) is 5.69. The van der Waals surface area contributed by atoms with Gasteiger partial charge in [-0.1, -0.05) is 78.0 Å². The van der Waals surface area contributed by atoms with Crippen LogP contribution in [0.3, 0.4) is 0 Å². The summed E-state index contributed by atoms with van der Waals surface area (Å²) < 4.78 is 0. The first-order valence-corrected chi connectivity index (χ1v) is 11.6. The molecule has 0 aliphatic heterocycles. The third kappa shape index (κ3) is 5.51. The van der Waals surface area contributed by atoms with Crippen molar-refractivity contribution < 1.29 is 9.59 Å². The van der Waals surface area contributed by atoms with Gasteiger partial charge in [0.15, 0.2) is 5.78 Å². The number of carbonyl (C=O) groups excluding carboxylic acids is 2. The maximum absolute atomic E-state index is 13.4. The first-order valence-electron chi connectivity index (χ1n) is 11.6. The van der Waals surface area contributed by atoms with E-state index in [9.17, 15) is 9.59 Å². The predicted octanol–water partition coefficient (Wildman–Crippen LogP) is 7.12. The van der Waals surface area contributed by atoms with Crippen LogP contribution in [-0.2, 0) is 4.79 Å². The second-order valence-corrected chi connectivity index (χ2v) is 10.5. The molecule has 1 aliphatic rings. The highest BCUT2D eigenvalue weighted by Crippen LogP contribution is 2.38. The normalized spacial score (nSPS) is 14.3. The van der Waals surface area contributed by atoms with Crippen LogP contribution in [0.4, 0.5) is 11.4 Å². The molecule has 0 heterocycles. The van der Waals surface area contributed by atoms with Gasteiger partial charge in [0.1, 0.15) is 0 Å². The van der Waals surface area contributed by atoms with Crippen molar-refractivity contribution in [1.29, 1.82) is 0 Å². The Hall–Kier alpha value is -3.53. The number of hydrogen-bond donors (Lipinski definition) is 0. The maximum atomic E-state index is 13.4. The number of benzene rings is 2. The third-order valence-corrected chi connectivity index (χ3v) is 5.69. The molecule has 1 amide bonds. The zero-order valence-electron chi connectivity index (χ0n) is 21.1. The van der Waals surface area contributed by atoms with E-state index in [1.54, 1.807) is 23.1 Å². The van der Waals surface area contributed by atoms with Crippen LogP contribution >= 0.6 is 0 Å². The molecule has 34 heavy (non-hydrogen) atoms. The highest BCUT2D eigenvalue weighted by Gasteiger charge is 2.34. The van der Waals surface area contributed by atoms with Crippen molar-refractivity contribution in [3.63, 3.8) is 0 Å². The zero-order valence-corrected chi connectivity index (χ0v) is 21.1.